The fraction of sp³-hybridized carbons (Fsp3) is 0.222. The molecule has 0 aromatic heterocycles. The van der Waals surface area contributed by atoms with Gasteiger partial charge in [-0.1, -0.05) is 18.2 Å². The summed E-state index contributed by atoms with van der Waals surface area (Å²) in [6.07, 6.45) is 0.218. The third-order valence-corrected chi connectivity index (χ3v) is 1.46. The van der Waals surface area contributed by atoms with E-state index in [1.165, 1.54) is 0 Å². The number of rotatable bonds is 3. The standard InChI is InChI=1S/C9H9O2/c1-2-4-8(5-3-1)10-6-9-7-11-9/h1-6,9H,7H2. The zero-order valence-corrected chi connectivity index (χ0v) is 6.07. The van der Waals surface area contributed by atoms with Crippen LogP contribution in [-0.4, -0.2) is 12.7 Å². The number of benzene rings is 1. The maximum absolute atomic E-state index is 5.28. The van der Waals surface area contributed by atoms with E-state index in [-0.39, 0.29) is 6.10 Å². The second-order valence-electron chi connectivity index (χ2n) is 2.44. The third kappa shape index (κ3) is 1.95. The van der Waals surface area contributed by atoms with Crippen LogP contribution in [0.4, 0.5) is 0 Å². The molecular formula is C9H9O2. The van der Waals surface area contributed by atoms with E-state index < -0.39 is 0 Å². The van der Waals surface area contributed by atoms with Gasteiger partial charge in [0.2, 0.25) is 0 Å². The van der Waals surface area contributed by atoms with E-state index in [9.17, 15) is 0 Å². The molecule has 1 unspecified atom stereocenters. The van der Waals surface area contributed by atoms with E-state index in [2.05, 4.69) is 0 Å². The normalized spacial score (nSPS) is 21.3. The molecule has 1 aliphatic heterocycles. The van der Waals surface area contributed by atoms with Crippen molar-refractivity contribution in [1.82, 2.24) is 0 Å². The van der Waals surface area contributed by atoms with Crippen molar-refractivity contribution in [1.29, 1.82) is 0 Å². The Morgan fingerprint density at radius 1 is 1.36 bits per heavy atom. The summed E-state index contributed by atoms with van der Waals surface area (Å²) in [6, 6.07) is 9.67. The molecule has 1 aromatic rings. The highest BCUT2D eigenvalue weighted by Gasteiger charge is 2.23. The van der Waals surface area contributed by atoms with E-state index in [0.717, 1.165) is 12.4 Å². The summed E-state index contributed by atoms with van der Waals surface area (Å²) in [5.41, 5.74) is 0. The van der Waals surface area contributed by atoms with Crippen LogP contribution in [0.2, 0.25) is 0 Å². The smallest absolute Gasteiger partial charge is 0.166 e. The highest BCUT2D eigenvalue weighted by molar-refractivity contribution is 5.21. The first-order chi connectivity index (χ1) is 5.45. The average Bonchev–Trinajstić information content (AvgIpc) is 2.86. The quantitative estimate of drug-likeness (QED) is 0.609. The van der Waals surface area contributed by atoms with Crippen LogP contribution in [0.1, 0.15) is 0 Å². The summed E-state index contributed by atoms with van der Waals surface area (Å²) >= 11 is 0. The van der Waals surface area contributed by atoms with Gasteiger partial charge in [-0.15, -0.1) is 0 Å². The summed E-state index contributed by atoms with van der Waals surface area (Å²) < 4.78 is 10.2. The van der Waals surface area contributed by atoms with Crippen LogP contribution < -0.4 is 4.74 Å². The SMILES string of the molecule is [CH](Oc1ccccc1)C1CO1. The zero-order chi connectivity index (χ0) is 7.52. The predicted octanol–water partition coefficient (Wildman–Crippen LogP) is 1.63. The molecule has 2 nitrogen and oxygen atoms in total. The summed E-state index contributed by atoms with van der Waals surface area (Å²) in [7, 11) is 0. The molecule has 0 saturated carbocycles. The Morgan fingerprint density at radius 2 is 2.09 bits per heavy atom. The number of hydrogen-bond acceptors (Lipinski definition) is 2. The van der Waals surface area contributed by atoms with Crippen molar-refractivity contribution in [3.63, 3.8) is 0 Å². The summed E-state index contributed by atoms with van der Waals surface area (Å²) in [4.78, 5) is 0. The number of epoxide rings is 1. The molecular weight excluding hydrogens is 140 g/mol. The van der Waals surface area contributed by atoms with Crippen LogP contribution in [0.25, 0.3) is 0 Å². The molecule has 57 valence electrons. The van der Waals surface area contributed by atoms with Crippen molar-refractivity contribution in [2.24, 2.45) is 0 Å². The van der Waals surface area contributed by atoms with Gasteiger partial charge in [0.15, 0.2) is 6.61 Å². The van der Waals surface area contributed by atoms with Crippen LogP contribution in [0, 0.1) is 6.61 Å². The van der Waals surface area contributed by atoms with Crippen LogP contribution in [-0.2, 0) is 4.74 Å². The molecule has 0 amide bonds. The summed E-state index contributed by atoms with van der Waals surface area (Å²) in [5.74, 6) is 0.864. The van der Waals surface area contributed by atoms with Gasteiger partial charge in [0.1, 0.15) is 11.9 Å². The molecule has 0 spiro atoms. The topological polar surface area (TPSA) is 21.8 Å². The molecule has 1 atom stereocenters. The van der Waals surface area contributed by atoms with E-state index in [1.54, 1.807) is 6.61 Å². The van der Waals surface area contributed by atoms with Crippen molar-refractivity contribution in [3.8, 4) is 5.75 Å². The number of hydrogen-bond donors (Lipinski definition) is 0. The maximum Gasteiger partial charge on any atom is 0.166 e. The number of ether oxygens (including phenoxy) is 2. The Morgan fingerprint density at radius 3 is 2.73 bits per heavy atom. The molecule has 2 rings (SSSR count). The highest BCUT2D eigenvalue weighted by atomic mass is 16.6. The lowest BCUT2D eigenvalue weighted by Crippen LogP contribution is -1.95. The molecule has 1 saturated heterocycles. The van der Waals surface area contributed by atoms with Crippen LogP contribution in [0.3, 0.4) is 0 Å². The molecule has 1 aromatic carbocycles. The Hall–Kier alpha value is -1.02. The molecule has 1 heterocycles. The Balaban J connectivity index is 1.85. The minimum Gasteiger partial charge on any atom is -0.484 e. The second kappa shape index (κ2) is 2.93. The molecule has 1 fully saturated rings. The lowest BCUT2D eigenvalue weighted by atomic mass is 10.3. The fourth-order valence-corrected chi connectivity index (χ4v) is 0.788. The highest BCUT2D eigenvalue weighted by Crippen LogP contribution is 2.16. The van der Waals surface area contributed by atoms with Crippen molar-refractivity contribution in [3.05, 3.63) is 36.9 Å². The van der Waals surface area contributed by atoms with Gasteiger partial charge in [-0.3, -0.25) is 0 Å². The monoisotopic (exact) mass is 149 g/mol. The van der Waals surface area contributed by atoms with Gasteiger partial charge in [0, 0.05) is 0 Å². The zero-order valence-electron chi connectivity index (χ0n) is 6.07. The van der Waals surface area contributed by atoms with Gasteiger partial charge < -0.3 is 9.47 Å². The molecule has 1 radical (unpaired) electrons. The first-order valence-electron chi connectivity index (χ1n) is 3.62. The average molecular weight is 149 g/mol. The van der Waals surface area contributed by atoms with E-state index in [4.69, 9.17) is 9.47 Å². The van der Waals surface area contributed by atoms with Crippen LogP contribution >= 0.6 is 0 Å². The lowest BCUT2D eigenvalue weighted by Gasteiger charge is -2.00. The van der Waals surface area contributed by atoms with Crippen LogP contribution in [0.5, 0.6) is 5.75 Å². The minimum atomic E-state index is 0.218. The molecule has 1 aliphatic rings. The Bertz CT molecular complexity index is 216. The molecule has 2 heteroatoms. The minimum absolute atomic E-state index is 0.218. The largest absolute Gasteiger partial charge is 0.484 e. The van der Waals surface area contributed by atoms with Gasteiger partial charge in [-0.25, -0.2) is 0 Å². The molecule has 0 aliphatic carbocycles. The number of para-hydroxylation sites is 1. The van der Waals surface area contributed by atoms with Crippen molar-refractivity contribution in [2.45, 2.75) is 6.10 Å². The van der Waals surface area contributed by atoms with Gasteiger partial charge in [0.25, 0.3) is 0 Å². The van der Waals surface area contributed by atoms with E-state index in [0.29, 0.717) is 0 Å². The Labute approximate surface area is 65.7 Å². The van der Waals surface area contributed by atoms with Gasteiger partial charge in [-0.05, 0) is 12.1 Å². The molecule has 0 N–H and O–H groups in total. The first-order valence-corrected chi connectivity index (χ1v) is 3.62. The van der Waals surface area contributed by atoms with Crippen molar-refractivity contribution >= 4 is 0 Å². The predicted molar refractivity (Wildman–Crippen MR) is 41.1 cm³/mol. The van der Waals surface area contributed by atoms with E-state index >= 15 is 0 Å². The third-order valence-electron chi connectivity index (χ3n) is 1.46. The summed E-state index contributed by atoms with van der Waals surface area (Å²) in [6.45, 7) is 2.52. The van der Waals surface area contributed by atoms with Crippen LogP contribution in [0.15, 0.2) is 30.3 Å². The molecule has 0 bridgehead atoms. The van der Waals surface area contributed by atoms with Crippen molar-refractivity contribution in [2.75, 3.05) is 6.61 Å². The molecule has 11 heavy (non-hydrogen) atoms. The van der Waals surface area contributed by atoms with Gasteiger partial charge >= 0.3 is 0 Å². The Kier molecular flexibility index (Phi) is 1.78. The van der Waals surface area contributed by atoms with Crippen molar-refractivity contribution < 1.29 is 9.47 Å². The van der Waals surface area contributed by atoms with E-state index in [1.807, 2.05) is 30.3 Å². The first kappa shape index (κ1) is 6.68. The lowest BCUT2D eigenvalue weighted by molar-refractivity contribution is 0.328. The maximum atomic E-state index is 5.28. The second-order valence-corrected chi connectivity index (χ2v) is 2.44. The van der Waals surface area contributed by atoms with Gasteiger partial charge in [0.05, 0.1) is 6.61 Å². The summed E-state index contributed by atoms with van der Waals surface area (Å²) in [5, 5.41) is 0. The van der Waals surface area contributed by atoms with Gasteiger partial charge in [-0.2, -0.15) is 0 Å². The fourth-order valence-electron chi connectivity index (χ4n) is 0.788.